The van der Waals surface area contributed by atoms with Crippen LogP contribution >= 0.6 is 15.9 Å². The molecule has 3 aliphatic rings. The number of anilines is 1. The highest BCUT2D eigenvalue weighted by Crippen LogP contribution is 2.41. The van der Waals surface area contributed by atoms with Gasteiger partial charge in [-0.2, -0.15) is 0 Å². The minimum atomic E-state index is -3.69. The number of rotatable bonds is 7. The predicted molar refractivity (Wildman–Crippen MR) is 118 cm³/mol. The monoisotopic (exact) mass is 483 g/mol. The lowest BCUT2D eigenvalue weighted by atomic mass is 10.0. The van der Waals surface area contributed by atoms with Crippen molar-refractivity contribution in [1.29, 1.82) is 0 Å². The number of likely N-dealkylation sites (tertiary alicyclic amines) is 1. The van der Waals surface area contributed by atoms with E-state index in [0.717, 1.165) is 54.9 Å². The van der Waals surface area contributed by atoms with Crippen LogP contribution < -0.4 is 9.62 Å². The van der Waals surface area contributed by atoms with Gasteiger partial charge in [0.1, 0.15) is 4.90 Å². The molecule has 0 unspecified atom stereocenters. The molecule has 1 atom stereocenters. The van der Waals surface area contributed by atoms with E-state index in [9.17, 15) is 13.2 Å². The first-order valence-electron chi connectivity index (χ1n) is 10.7. The van der Waals surface area contributed by atoms with E-state index in [2.05, 4.69) is 32.5 Å². The molecule has 0 spiro atoms. The van der Waals surface area contributed by atoms with Crippen LogP contribution in [0.1, 0.15) is 44.6 Å². The summed E-state index contributed by atoms with van der Waals surface area (Å²) in [4.78, 5) is 17.0. The number of carbonyl (C=O) groups excluding carboxylic acids is 1. The first-order chi connectivity index (χ1) is 13.8. The molecule has 160 valence electrons. The summed E-state index contributed by atoms with van der Waals surface area (Å²) in [6, 6.07) is 3.57. The van der Waals surface area contributed by atoms with Crippen LogP contribution in [0.25, 0.3) is 0 Å². The molecule has 1 aromatic carbocycles. The largest absolute Gasteiger partial charge is 0.310 e. The number of sulfonamides is 1. The third-order valence-electron chi connectivity index (χ3n) is 6.16. The summed E-state index contributed by atoms with van der Waals surface area (Å²) < 4.78 is 29.7. The molecule has 1 saturated heterocycles. The lowest BCUT2D eigenvalue weighted by Crippen LogP contribution is -2.37. The summed E-state index contributed by atoms with van der Waals surface area (Å²) >= 11 is 3.44. The normalized spacial score (nSPS) is 22.7. The maximum absolute atomic E-state index is 13.1. The van der Waals surface area contributed by atoms with Crippen LogP contribution in [0.3, 0.4) is 0 Å². The van der Waals surface area contributed by atoms with Gasteiger partial charge in [-0.3, -0.25) is 4.79 Å². The first kappa shape index (κ1) is 21.3. The second kappa shape index (κ2) is 8.65. The molecule has 1 N–H and O–H groups in total. The van der Waals surface area contributed by atoms with E-state index in [4.69, 9.17) is 0 Å². The third-order valence-corrected chi connectivity index (χ3v) is 8.09. The zero-order valence-corrected chi connectivity index (χ0v) is 19.4. The molecule has 1 saturated carbocycles. The van der Waals surface area contributed by atoms with Gasteiger partial charge in [0.2, 0.25) is 15.9 Å². The second-order valence-electron chi connectivity index (χ2n) is 8.73. The lowest BCUT2D eigenvalue weighted by molar-refractivity contribution is -0.119. The molecule has 29 heavy (non-hydrogen) atoms. The Kier molecular flexibility index (Phi) is 6.35. The lowest BCUT2D eigenvalue weighted by Gasteiger charge is -2.30. The molecule has 0 bridgehead atoms. The minimum Gasteiger partial charge on any atom is -0.310 e. The summed E-state index contributed by atoms with van der Waals surface area (Å²) in [6.07, 6.45) is 5.82. The molecule has 6 nitrogen and oxygen atoms in total. The van der Waals surface area contributed by atoms with Gasteiger partial charge in [-0.25, -0.2) is 13.1 Å². The highest BCUT2D eigenvalue weighted by Gasteiger charge is 2.39. The SMILES string of the molecule is C[C@@H]1CCCN(CCCNS(=O)(=O)c2cc(Br)cc3c2N(C(=O)C2CC2)CC3)C1. The van der Waals surface area contributed by atoms with Crippen LogP contribution in [-0.4, -0.2) is 51.9 Å². The fraction of sp³-hybridized carbons (Fsp3) is 0.667. The first-order valence-corrected chi connectivity index (χ1v) is 13.0. The highest BCUT2D eigenvalue weighted by atomic mass is 79.9. The molecular weight excluding hydrogens is 454 g/mol. The molecule has 8 heteroatoms. The molecule has 0 aromatic heterocycles. The zero-order valence-electron chi connectivity index (χ0n) is 17.0. The average Bonchev–Trinajstić information content (AvgIpc) is 3.44. The maximum atomic E-state index is 13.1. The van der Waals surface area contributed by atoms with Crippen molar-refractivity contribution in [2.45, 2.75) is 50.3 Å². The minimum absolute atomic E-state index is 0.0695. The molecule has 2 aliphatic heterocycles. The van der Waals surface area contributed by atoms with Gasteiger partial charge in [0.25, 0.3) is 0 Å². The molecule has 1 aliphatic carbocycles. The van der Waals surface area contributed by atoms with E-state index in [1.807, 2.05) is 6.07 Å². The fourth-order valence-corrected chi connectivity index (χ4v) is 6.53. The summed E-state index contributed by atoms with van der Waals surface area (Å²) in [6.45, 7) is 6.37. The van der Waals surface area contributed by atoms with Crippen molar-refractivity contribution in [3.8, 4) is 0 Å². The number of nitrogens with zero attached hydrogens (tertiary/aromatic N) is 2. The van der Waals surface area contributed by atoms with Gasteiger partial charge in [-0.15, -0.1) is 0 Å². The van der Waals surface area contributed by atoms with Gasteiger partial charge in [-0.1, -0.05) is 22.9 Å². The van der Waals surface area contributed by atoms with E-state index < -0.39 is 10.0 Å². The Morgan fingerprint density at radius 2 is 2.03 bits per heavy atom. The number of benzene rings is 1. The molecule has 4 rings (SSSR count). The number of halogens is 1. The van der Waals surface area contributed by atoms with E-state index >= 15 is 0 Å². The van der Waals surface area contributed by atoms with Crippen molar-refractivity contribution < 1.29 is 13.2 Å². The molecule has 1 amide bonds. The Morgan fingerprint density at radius 3 is 2.76 bits per heavy atom. The number of fused-ring (bicyclic) bond motifs is 1. The molecule has 0 radical (unpaired) electrons. The van der Waals surface area contributed by atoms with Crippen molar-refractivity contribution in [3.63, 3.8) is 0 Å². The number of amides is 1. The van der Waals surface area contributed by atoms with E-state index in [-0.39, 0.29) is 16.7 Å². The van der Waals surface area contributed by atoms with Gasteiger partial charge in [-0.05, 0) is 75.2 Å². The summed E-state index contributed by atoms with van der Waals surface area (Å²) in [5, 5.41) is 0. The van der Waals surface area contributed by atoms with Gasteiger partial charge in [0, 0.05) is 30.0 Å². The Balaban J connectivity index is 1.44. The van der Waals surface area contributed by atoms with Crippen LogP contribution in [0.2, 0.25) is 0 Å². The quantitative estimate of drug-likeness (QED) is 0.604. The number of hydrogen-bond donors (Lipinski definition) is 1. The number of hydrogen-bond acceptors (Lipinski definition) is 4. The number of nitrogens with one attached hydrogen (secondary N) is 1. The van der Waals surface area contributed by atoms with Gasteiger partial charge < -0.3 is 9.80 Å². The Hall–Kier alpha value is -0.960. The van der Waals surface area contributed by atoms with Crippen molar-refractivity contribution in [3.05, 3.63) is 22.2 Å². The standard InChI is InChI=1S/C21H30BrN3O3S/c1-15-4-2-9-24(14-15)10-3-8-23-29(27,28)19-13-18(22)12-17-7-11-25(20(17)19)21(26)16-5-6-16/h12-13,15-16,23H,2-11,14H2,1H3/t15-/m1/s1. The zero-order chi connectivity index (χ0) is 20.6. The van der Waals surface area contributed by atoms with Crippen molar-refractivity contribution in [1.82, 2.24) is 9.62 Å². The van der Waals surface area contributed by atoms with Crippen molar-refractivity contribution in [2.24, 2.45) is 11.8 Å². The van der Waals surface area contributed by atoms with E-state index in [1.54, 1.807) is 11.0 Å². The fourth-order valence-electron chi connectivity index (χ4n) is 4.52. The molecule has 2 heterocycles. The van der Waals surface area contributed by atoms with Crippen molar-refractivity contribution >= 4 is 37.5 Å². The van der Waals surface area contributed by atoms with Crippen LogP contribution in [0.15, 0.2) is 21.5 Å². The van der Waals surface area contributed by atoms with E-state index in [1.165, 1.54) is 12.8 Å². The molecule has 2 fully saturated rings. The van der Waals surface area contributed by atoms with Crippen LogP contribution in [-0.2, 0) is 21.2 Å². The van der Waals surface area contributed by atoms with Gasteiger partial charge in [0.15, 0.2) is 0 Å². The summed E-state index contributed by atoms with van der Waals surface area (Å²) in [5.41, 5.74) is 1.51. The Morgan fingerprint density at radius 1 is 1.24 bits per heavy atom. The van der Waals surface area contributed by atoms with Crippen LogP contribution in [0.4, 0.5) is 5.69 Å². The van der Waals surface area contributed by atoms with Crippen LogP contribution in [0, 0.1) is 11.8 Å². The topological polar surface area (TPSA) is 69.7 Å². The molecular formula is C21H30BrN3O3S. The third kappa shape index (κ3) is 4.86. The van der Waals surface area contributed by atoms with Crippen molar-refractivity contribution in [2.75, 3.05) is 37.6 Å². The summed E-state index contributed by atoms with van der Waals surface area (Å²) in [7, 11) is -3.69. The second-order valence-corrected chi connectivity index (χ2v) is 11.4. The molecule has 1 aromatic rings. The Labute approximate surface area is 182 Å². The summed E-state index contributed by atoms with van der Waals surface area (Å²) in [5.74, 6) is 0.862. The smallest absolute Gasteiger partial charge is 0.242 e. The highest BCUT2D eigenvalue weighted by molar-refractivity contribution is 9.10. The van der Waals surface area contributed by atoms with Crippen LogP contribution in [0.5, 0.6) is 0 Å². The Bertz CT molecular complexity index is 885. The van der Waals surface area contributed by atoms with Gasteiger partial charge in [0.05, 0.1) is 5.69 Å². The number of carbonyl (C=O) groups is 1. The maximum Gasteiger partial charge on any atom is 0.242 e. The predicted octanol–water partition coefficient (Wildman–Crippen LogP) is 3.15. The van der Waals surface area contributed by atoms with Gasteiger partial charge >= 0.3 is 0 Å². The van der Waals surface area contributed by atoms with E-state index in [0.29, 0.717) is 25.2 Å². The average molecular weight is 484 g/mol. The number of piperidine rings is 1.